The molecule has 0 saturated carbocycles. The first-order chi connectivity index (χ1) is 15.0. The van der Waals surface area contributed by atoms with Crippen molar-refractivity contribution in [2.45, 2.75) is 37.4 Å². The van der Waals surface area contributed by atoms with Gasteiger partial charge in [0.25, 0.3) is 6.02 Å². The number of hydrogen-bond donors (Lipinski definition) is 2. The number of ether oxygens (including phenoxy) is 2. The lowest BCUT2D eigenvalue weighted by atomic mass is 9.85. The highest BCUT2D eigenvalue weighted by atomic mass is 19.1. The van der Waals surface area contributed by atoms with Gasteiger partial charge >= 0.3 is 0 Å². The highest BCUT2D eigenvalue weighted by Gasteiger charge is 2.41. The molecule has 3 heterocycles. The summed E-state index contributed by atoms with van der Waals surface area (Å²) in [7, 11) is 0. The predicted molar refractivity (Wildman–Crippen MR) is 111 cm³/mol. The number of nitrogens with two attached hydrogens (primary N) is 1. The fraction of sp³-hybridized carbons (Fsp3) is 0.364. The van der Waals surface area contributed by atoms with Gasteiger partial charge in [0, 0.05) is 30.5 Å². The zero-order chi connectivity index (χ0) is 22.0. The van der Waals surface area contributed by atoms with Crippen LogP contribution >= 0.6 is 0 Å². The van der Waals surface area contributed by atoms with Gasteiger partial charge in [0.1, 0.15) is 11.5 Å². The van der Waals surface area contributed by atoms with Gasteiger partial charge in [0.05, 0.1) is 25.6 Å². The largest absolute Gasteiger partial charge is 0.477 e. The molecular formula is C22H22FN5O3. The van der Waals surface area contributed by atoms with Crippen LogP contribution in [0.1, 0.15) is 47.4 Å². The van der Waals surface area contributed by atoms with Crippen molar-refractivity contribution in [1.29, 1.82) is 0 Å². The molecular weight excluding hydrogens is 401 g/mol. The Kier molecular flexibility index (Phi) is 5.57. The number of amidine groups is 1. The van der Waals surface area contributed by atoms with Crippen LogP contribution in [-0.2, 0) is 10.3 Å². The summed E-state index contributed by atoms with van der Waals surface area (Å²) >= 11 is 0. The molecule has 1 aromatic carbocycles. The number of aromatic nitrogens is 2. The van der Waals surface area contributed by atoms with Crippen molar-refractivity contribution in [3.63, 3.8) is 0 Å². The van der Waals surface area contributed by atoms with E-state index in [0.717, 1.165) is 5.56 Å². The summed E-state index contributed by atoms with van der Waals surface area (Å²) in [6.07, 6.45) is 9.11. The van der Waals surface area contributed by atoms with E-state index in [-0.39, 0.29) is 48.2 Å². The number of hydrogen-bond acceptors (Lipinski definition) is 8. The summed E-state index contributed by atoms with van der Waals surface area (Å²) in [5, 5.41) is 3.25. The molecule has 3 N–H and O–H groups in total. The molecule has 1 aromatic heterocycles. The van der Waals surface area contributed by atoms with Gasteiger partial charge in [-0.1, -0.05) is 12.0 Å². The van der Waals surface area contributed by atoms with Crippen molar-refractivity contribution in [2.24, 2.45) is 10.7 Å². The SMILES string of the molecule is C#CC1(c2cc(C3NC3CC(=O)c3cnc(OCC)cn3)ccc2F)CCOC(N)=N1. The van der Waals surface area contributed by atoms with Gasteiger partial charge < -0.3 is 20.5 Å². The quantitative estimate of drug-likeness (QED) is 0.396. The Labute approximate surface area is 179 Å². The van der Waals surface area contributed by atoms with Crippen LogP contribution in [0.25, 0.3) is 0 Å². The smallest absolute Gasteiger partial charge is 0.283 e. The third-order valence-electron chi connectivity index (χ3n) is 5.35. The number of rotatable bonds is 7. The van der Waals surface area contributed by atoms with Gasteiger partial charge in [0.2, 0.25) is 5.88 Å². The van der Waals surface area contributed by atoms with Crippen LogP contribution in [0.15, 0.2) is 35.6 Å². The third kappa shape index (κ3) is 4.20. The highest BCUT2D eigenvalue weighted by Crippen LogP contribution is 2.38. The maximum Gasteiger partial charge on any atom is 0.283 e. The minimum Gasteiger partial charge on any atom is -0.477 e. The summed E-state index contributed by atoms with van der Waals surface area (Å²) in [4.78, 5) is 24.9. The number of carbonyl (C=O) groups excluding carboxylic acids is 1. The van der Waals surface area contributed by atoms with Crippen molar-refractivity contribution in [3.8, 4) is 18.2 Å². The van der Waals surface area contributed by atoms with Gasteiger partial charge in [-0.3, -0.25) is 4.79 Å². The number of halogens is 1. The van der Waals surface area contributed by atoms with Gasteiger partial charge in [-0.05, 0) is 24.6 Å². The number of ketones is 1. The van der Waals surface area contributed by atoms with Crippen LogP contribution in [0.2, 0.25) is 0 Å². The lowest BCUT2D eigenvalue weighted by Crippen LogP contribution is -2.35. The summed E-state index contributed by atoms with van der Waals surface area (Å²) in [5.41, 5.74) is 5.84. The van der Waals surface area contributed by atoms with E-state index in [4.69, 9.17) is 21.6 Å². The minimum absolute atomic E-state index is 0.0570. The Morgan fingerprint density at radius 2 is 2.29 bits per heavy atom. The number of Topliss-reactive ketones (excluding diaryl/α,β-unsaturated/α-hetero) is 1. The van der Waals surface area contributed by atoms with Gasteiger partial charge in [-0.25, -0.2) is 19.4 Å². The van der Waals surface area contributed by atoms with E-state index in [1.807, 2.05) is 6.92 Å². The van der Waals surface area contributed by atoms with E-state index < -0.39 is 11.4 Å². The summed E-state index contributed by atoms with van der Waals surface area (Å²) in [5.74, 6) is 2.36. The second kappa shape index (κ2) is 8.32. The fourth-order valence-corrected chi connectivity index (χ4v) is 3.68. The summed E-state index contributed by atoms with van der Waals surface area (Å²) in [6, 6.07) is 4.48. The number of nitrogens with one attached hydrogen (secondary N) is 1. The Morgan fingerprint density at radius 3 is 2.97 bits per heavy atom. The van der Waals surface area contributed by atoms with Crippen LogP contribution in [0, 0.1) is 18.2 Å². The van der Waals surface area contributed by atoms with Crippen molar-refractivity contribution < 1.29 is 18.7 Å². The van der Waals surface area contributed by atoms with Crippen molar-refractivity contribution in [2.75, 3.05) is 13.2 Å². The molecule has 0 amide bonds. The van der Waals surface area contributed by atoms with E-state index in [1.54, 1.807) is 12.1 Å². The number of benzene rings is 1. The molecule has 3 unspecified atom stereocenters. The molecule has 9 heteroatoms. The second-order valence-corrected chi connectivity index (χ2v) is 7.34. The van der Waals surface area contributed by atoms with Crippen LogP contribution in [0.5, 0.6) is 5.88 Å². The molecule has 2 aliphatic rings. The molecule has 2 aromatic rings. The van der Waals surface area contributed by atoms with Crippen LogP contribution in [-0.4, -0.2) is 41.0 Å². The number of terminal acetylenes is 1. The van der Waals surface area contributed by atoms with Crippen LogP contribution in [0.3, 0.4) is 0 Å². The Hall–Kier alpha value is -3.51. The van der Waals surface area contributed by atoms with Gasteiger partial charge in [0.15, 0.2) is 11.3 Å². The molecule has 1 fully saturated rings. The molecule has 0 radical (unpaired) electrons. The minimum atomic E-state index is -1.21. The van der Waals surface area contributed by atoms with Crippen molar-refractivity contribution in [3.05, 3.63) is 53.2 Å². The van der Waals surface area contributed by atoms with E-state index in [1.165, 1.54) is 18.5 Å². The third-order valence-corrected chi connectivity index (χ3v) is 5.35. The first kappa shape index (κ1) is 20.8. The molecule has 2 aliphatic heterocycles. The zero-order valence-corrected chi connectivity index (χ0v) is 17.0. The average Bonchev–Trinajstić information content (AvgIpc) is 3.53. The van der Waals surface area contributed by atoms with Crippen molar-refractivity contribution >= 4 is 11.8 Å². The van der Waals surface area contributed by atoms with Crippen LogP contribution in [0.4, 0.5) is 4.39 Å². The maximum absolute atomic E-state index is 14.7. The molecule has 1 saturated heterocycles. The lowest BCUT2D eigenvalue weighted by molar-refractivity contribution is 0.0976. The van der Waals surface area contributed by atoms with E-state index in [9.17, 15) is 9.18 Å². The first-order valence-electron chi connectivity index (χ1n) is 9.95. The second-order valence-electron chi connectivity index (χ2n) is 7.34. The monoisotopic (exact) mass is 423 g/mol. The molecule has 4 rings (SSSR count). The lowest BCUT2D eigenvalue weighted by Gasteiger charge is -2.29. The van der Waals surface area contributed by atoms with E-state index >= 15 is 0 Å². The normalized spacial score (nSPS) is 24.5. The summed E-state index contributed by atoms with van der Waals surface area (Å²) < 4.78 is 25.1. The molecule has 3 atom stereocenters. The maximum atomic E-state index is 14.7. The first-order valence-corrected chi connectivity index (χ1v) is 9.95. The molecule has 31 heavy (non-hydrogen) atoms. The number of aliphatic imine (C=N–C) groups is 1. The van der Waals surface area contributed by atoms with Gasteiger partial charge in [-0.15, -0.1) is 6.42 Å². The Morgan fingerprint density at radius 1 is 1.45 bits per heavy atom. The molecule has 8 nitrogen and oxygen atoms in total. The molecule has 0 bridgehead atoms. The zero-order valence-electron chi connectivity index (χ0n) is 17.0. The summed E-state index contributed by atoms with van der Waals surface area (Å²) in [6.45, 7) is 2.57. The highest BCUT2D eigenvalue weighted by molar-refractivity contribution is 5.94. The number of carbonyl (C=O) groups is 1. The topological polar surface area (TPSA) is 122 Å². The van der Waals surface area contributed by atoms with Gasteiger partial charge in [-0.2, -0.15) is 0 Å². The van der Waals surface area contributed by atoms with E-state index in [2.05, 4.69) is 26.2 Å². The Bertz CT molecular complexity index is 1070. The molecule has 0 aliphatic carbocycles. The molecule has 0 spiro atoms. The number of nitrogens with zero attached hydrogens (tertiary/aromatic N) is 3. The van der Waals surface area contributed by atoms with E-state index in [0.29, 0.717) is 18.9 Å². The van der Waals surface area contributed by atoms with Crippen LogP contribution < -0.4 is 15.8 Å². The predicted octanol–water partition coefficient (Wildman–Crippen LogP) is 1.86. The molecule has 160 valence electrons. The Balaban J connectivity index is 1.48. The fourth-order valence-electron chi connectivity index (χ4n) is 3.68. The average molecular weight is 423 g/mol. The van der Waals surface area contributed by atoms with Crippen molar-refractivity contribution in [1.82, 2.24) is 15.3 Å². The standard InChI is InChI=1S/C22H22FN5O3/c1-3-22(7-8-31-21(24)28-22)14-9-13(5-6-15(14)23)20-16(27-20)10-18(29)17-11-26-19(12-25-17)30-4-2/h1,5-6,9,11-12,16,20,27H,4,7-8,10H2,2H3,(H2,24,28).